The average Bonchev–Trinajstić information content (AvgIpc) is 3.03. The quantitative estimate of drug-likeness (QED) is 0.786. The lowest BCUT2D eigenvalue weighted by Gasteiger charge is -2.37. The number of esters is 1. The molecule has 1 aliphatic heterocycles. The number of nitrogens with zero attached hydrogens (tertiary/aromatic N) is 2. The number of fused-ring (bicyclic) bond motifs is 1. The molecule has 2 aliphatic rings. The van der Waals surface area contributed by atoms with Crippen molar-refractivity contribution in [1.29, 1.82) is 0 Å². The molecule has 1 aromatic rings. The first kappa shape index (κ1) is 13.2. The summed E-state index contributed by atoms with van der Waals surface area (Å²) >= 11 is 7.41. The maximum atomic E-state index is 11.6. The van der Waals surface area contributed by atoms with Gasteiger partial charge in [-0.25, -0.2) is 9.78 Å². The molecule has 3 rings (SSSR count). The molecule has 2 heterocycles. The maximum Gasteiger partial charge on any atom is 0.351 e. The van der Waals surface area contributed by atoms with Crippen LogP contribution in [0, 0.1) is 5.92 Å². The van der Waals surface area contributed by atoms with Crippen LogP contribution in [0.4, 0.5) is 5.13 Å². The molecule has 1 saturated carbocycles. The third-order valence-electron chi connectivity index (χ3n) is 4.18. The zero-order chi connectivity index (χ0) is 13.4. The molecule has 1 saturated heterocycles. The van der Waals surface area contributed by atoms with Crippen LogP contribution in [0.25, 0.3) is 0 Å². The molecule has 0 N–H and O–H groups in total. The lowest BCUT2D eigenvalue weighted by Crippen LogP contribution is -2.42. The Morgan fingerprint density at radius 2 is 2.21 bits per heavy atom. The van der Waals surface area contributed by atoms with E-state index >= 15 is 0 Å². The van der Waals surface area contributed by atoms with Gasteiger partial charge in [0.15, 0.2) is 15.2 Å². The van der Waals surface area contributed by atoms with Gasteiger partial charge >= 0.3 is 5.97 Å². The SMILES string of the molecule is COC(=O)c1sc(N2CCCC3CCCC32)nc1Cl. The van der Waals surface area contributed by atoms with Crippen LogP contribution in [-0.4, -0.2) is 30.6 Å². The summed E-state index contributed by atoms with van der Waals surface area (Å²) in [4.78, 5) is 18.7. The smallest absolute Gasteiger partial charge is 0.351 e. The number of methoxy groups -OCH3 is 1. The number of carbonyl (C=O) groups is 1. The van der Waals surface area contributed by atoms with E-state index in [-0.39, 0.29) is 5.15 Å². The van der Waals surface area contributed by atoms with E-state index in [9.17, 15) is 4.79 Å². The lowest BCUT2D eigenvalue weighted by atomic mass is 9.92. The zero-order valence-corrected chi connectivity index (χ0v) is 12.5. The number of anilines is 1. The van der Waals surface area contributed by atoms with Crippen molar-refractivity contribution in [2.24, 2.45) is 5.92 Å². The largest absolute Gasteiger partial charge is 0.465 e. The van der Waals surface area contributed by atoms with E-state index in [1.807, 2.05) is 0 Å². The molecule has 0 bridgehead atoms. The van der Waals surface area contributed by atoms with Crippen molar-refractivity contribution in [3.05, 3.63) is 10.0 Å². The summed E-state index contributed by atoms with van der Waals surface area (Å²) in [5.41, 5.74) is 0. The molecule has 1 aromatic heterocycles. The molecule has 0 amide bonds. The second-order valence-electron chi connectivity index (χ2n) is 5.20. The van der Waals surface area contributed by atoms with Crippen LogP contribution >= 0.6 is 22.9 Å². The third kappa shape index (κ3) is 2.34. The normalized spacial score (nSPS) is 26.3. The first-order valence-electron chi connectivity index (χ1n) is 6.72. The molecule has 1 aliphatic carbocycles. The topological polar surface area (TPSA) is 42.4 Å². The molecule has 2 atom stereocenters. The van der Waals surface area contributed by atoms with E-state index in [2.05, 4.69) is 9.88 Å². The minimum Gasteiger partial charge on any atom is -0.465 e. The highest BCUT2D eigenvalue weighted by atomic mass is 35.5. The second-order valence-corrected chi connectivity index (χ2v) is 6.54. The molecule has 2 unspecified atom stereocenters. The van der Waals surface area contributed by atoms with Crippen LogP contribution < -0.4 is 4.90 Å². The van der Waals surface area contributed by atoms with Gasteiger partial charge in [0, 0.05) is 12.6 Å². The Morgan fingerprint density at radius 1 is 1.42 bits per heavy atom. The van der Waals surface area contributed by atoms with Gasteiger partial charge in [0.05, 0.1) is 7.11 Å². The molecule has 0 radical (unpaired) electrons. The van der Waals surface area contributed by atoms with Crippen LogP contribution in [0.2, 0.25) is 5.15 Å². The molecular weight excluding hydrogens is 284 g/mol. The van der Waals surface area contributed by atoms with E-state index in [0.717, 1.165) is 17.6 Å². The standard InChI is InChI=1S/C13H17ClN2O2S/c1-18-12(17)10-11(14)15-13(19-10)16-7-3-5-8-4-2-6-9(8)16/h8-9H,2-7H2,1H3. The highest BCUT2D eigenvalue weighted by molar-refractivity contribution is 7.18. The van der Waals surface area contributed by atoms with Gasteiger partial charge < -0.3 is 9.64 Å². The van der Waals surface area contributed by atoms with Crippen molar-refractivity contribution in [3.63, 3.8) is 0 Å². The summed E-state index contributed by atoms with van der Waals surface area (Å²) in [5.74, 6) is 0.395. The van der Waals surface area contributed by atoms with Crippen LogP contribution in [-0.2, 0) is 4.74 Å². The third-order valence-corrected chi connectivity index (χ3v) is 5.64. The minimum atomic E-state index is -0.395. The van der Waals surface area contributed by atoms with Crippen LogP contribution in [0.1, 0.15) is 41.8 Å². The van der Waals surface area contributed by atoms with Gasteiger partial charge in [0.1, 0.15) is 0 Å². The first-order chi connectivity index (χ1) is 9.20. The zero-order valence-electron chi connectivity index (χ0n) is 10.9. The van der Waals surface area contributed by atoms with Crippen LogP contribution in [0.3, 0.4) is 0 Å². The number of rotatable bonds is 2. The van der Waals surface area contributed by atoms with Crippen LogP contribution in [0.15, 0.2) is 0 Å². The van der Waals surface area contributed by atoms with E-state index in [0.29, 0.717) is 10.9 Å². The average molecular weight is 301 g/mol. The molecule has 4 nitrogen and oxygen atoms in total. The van der Waals surface area contributed by atoms with Crippen molar-refractivity contribution in [1.82, 2.24) is 4.98 Å². The molecule has 19 heavy (non-hydrogen) atoms. The second kappa shape index (κ2) is 5.29. The predicted octanol–water partition coefficient (Wildman–Crippen LogP) is 3.35. The Hall–Kier alpha value is -0.810. The van der Waals surface area contributed by atoms with Gasteiger partial charge in [-0.05, 0) is 31.6 Å². The Labute approximate surface area is 121 Å². The fraction of sp³-hybridized carbons (Fsp3) is 0.692. The van der Waals surface area contributed by atoms with Crippen molar-refractivity contribution in [3.8, 4) is 0 Å². The maximum absolute atomic E-state index is 11.6. The number of thiazole rings is 1. The van der Waals surface area contributed by atoms with Gasteiger partial charge in [0.2, 0.25) is 0 Å². The molecule has 0 spiro atoms. The molecule has 2 fully saturated rings. The van der Waals surface area contributed by atoms with Crippen LogP contribution in [0.5, 0.6) is 0 Å². The molecular formula is C13H17ClN2O2S. The molecule has 0 aromatic carbocycles. The highest BCUT2D eigenvalue weighted by Gasteiger charge is 2.36. The number of ether oxygens (including phenoxy) is 1. The number of carbonyl (C=O) groups excluding carboxylic acids is 1. The van der Waals surface area contributed by atoms with E-state index in [4.69, 9.17) is 16.3 Å². The van der Waals surface area contributed by atoms with Crippen molar-refractivity contribution in [2.45, 2.75) is 38.1 Å². The summed E-state index contributed by atoms with van der Waals surface area (Å²) < 4.78 is 4.73. The fourth-order valence-electron chi connectivity index (χ4n) is 3.32. The number of hydrogen-bond acceptors (Lipinski definition) is 5. The Morgan fingerprint density at radius 3 is 3.00 bits per heavy atom. The molecule has 6 heteroatoms. The van der Waals surface area contributed by atoms with Crippen molar-refractivity contribution < 1.29 is 9.53 Å². The summed E-state index contributed by atoms with van der Waals surface area (Å²) in [6, 6.07) is 0.585. The summed E-state index contributed by atoms with van der Waals surface area (Å²) in [7, 11) is 1.37. The molecule has 104 valence electrons. The van der Waals surface area contributed by atoms with Gasteiger partial charge in [-0.15, -0.1) is 0 Å². The van der Waals surface area contributed by atoms with Crippen molar-refractivity contribution >= 4 is 34.0 Å². The van der Waals surface area contributed by atoms with E-state index in [1.165, 1.54) is 50.6 Å². The Bertz CT molecular complexity index is 491. The monoisotopic (exact) mass is 300 g/mol. The van der Waals surface area contributed by atoms with Gasteiger partial charge in [-0.1, -0.05) is 29.4 Å². The van der Waals surface area contributed by atoms with E-state index < -0.39 is 5.97 Å². The first-order valence-corrected chi connectivity index (χ1v) is 7.91. The lowest BCUT2D eigenvalue weighted by molar-refractivity contribution is 0.0606. The van der Waals surface area contributed by atoms with Gasteiger partial charge in [-0.3, -0.25) is 0 Å². The number of hydrogen-bond donors (Lipinski definition) is 0. The van der Waals surface area contributed by atoms with Crippen molar-refractivity contribution in [2.75, 3.05) is 18.6 Å². The minimum absolute atomic E-state index is 0.270. The fourth-order valence-corrected chi connectivity index (χ4v) is 4.61. The van der Waals surface area contributed by atoms with Gasteiger partial charge in [-0.2, -0.15) is 0 Å². The highest BCUT2D eigenvalue weighted by Crippen LogP contribution is 2.41. The summed E-state index contributed by atoms with van der Waals surface area (Å²) in [6.07, 6.45) is 6.38. The Kier molecular flexibility index (Phi) is 3.67. The number of aromatic nitrogens is 1. The van der Waals surface area contributed by atoms with E-state index in [1.54, 1.807) is 0 Å². The Balaban J connectivity index is 1.87. The number of piperidine rings is 1. The summed E-state index contributed by atoms with van der Waals surface area (Å²) in [6.45, 7) is 1.02. The van der Waals surface area contributed by atoms with Gasteiger partial charge in [0.25, 0.3) is 0 Å². The predicted molar refractivity (Wildman–Crippen MR) is 76.2 cm³/mol. The number of halogens is 1. The summed E-state index contributed by atoms with van der Waals surface area (Å²) in [5, 5.41) is 1.15.